The molecule has 0 aliphatic heterocycles. The highest BCUT2D eigenvalue weighted by atomic mass is 16.5. The monoisotopic (exact) mass is 346 g/mol. The van der Waals surface area contributed by atoms with Gasteiger partial charge < -0.3 is 14.1 Å². The maximum Gasteiger partial charge on any atom is 0.339 e. The third kappa shape index (κ3) is 3.00. The van der Waals surface area contributed by atoms with Crippen molar-refractivity contribution in [3.05, 3.63) is 78.3 Å². The van der Waals surface area contributed by atoms with Crippen LogP contribution in [0.4, 0.5) is 0 Å². The van der Waals surface area contributed by atoms with Crippen molar-refractivity contribution < 1.29 is 18.7 Å². The number of benzene rings is 1. The number of Topliss-reactive ketones (excluding diaryl/α,β-unsaturated/α-hetero) is 1. The molecule has 3 heterocycles. The molecule has 4 aromatic rings. The Bertz CT molecular complexity index is 1070. The van der Waals surface area contributed by atoms with Crippen molar-refractivity contribution in [2.24, 2.45) is 0 Å². The molecule has 1 N–H and O–H groups in total. The molecular weight excluding hydrogens is 332 g/mol. The van der Waals surface area contributed by atoms with E-state index in [1.807, 2.05) is 18.2 Å². The zero-order valence-electron chi connectivity index (χ0n) is 13.6. The van der Waals surface area contributed by atoms with Crippen LogP contribution in [0.3, 0.4) is 0 Å². The van der Waals surface area contributed by atoms with Gasteiger partial charge >= 0.3 is 5.97 Å². The lowest BCUT2D eigenvalue weighted by Crippen LogP contribution is -2.15. The first-order valence-electron chi connectivity index (χ1n) is 8.00. The highest BCUT2D eigenvalue weighted by Gasteiger charge is 2.18. The molecule has 128 valence electrons. The van der Waals surface area contributed by atoms with Crippen LogP contribution in [0.1, 0.15) is 20.8 Å². The molecule has 0 spiro atoms. The van der Waals surface area contributed by atoms with Gasteiger partial charge in [0.25, 0.3) is 0 Å². The van der Waals surface area contributed by atoms with E-state index in [1.54, 1.807) is 48.9 Å². The molecule has 0 bridgehead atoms. The van der Waals surface area contributed by atoms with Gasteiger partial charge in [-0.1, -0.05) is 18.2 Å². The van der Waals surface area contributed by atoms with E-state index in [0.717, 1.165) is 0 Å². The van der Waals surface area contributed by atoms with Gasteiger partial charge in [-0.3, -0.25) is 4.79 Å². The number of para-hydroxylation sites is 1. The molecule has 0 fully saturated rings. The number of hydrogen-bond acceptors (Lipinski definition) is 5. The van der Waals surface area contributed by atoms with Gasteiger partial charge in [-0.15, -0.1) is 0 Å². The van der Waals surface area contributed by atoms with Crippen molar-refractivity contribution in [3.63, 3.8) is 0 Å². The van der Waals surface area contributed by atoms with Crippen molar-refractivity contribution >= 4 is 22.7 Å². The van der Waals surface area contributed by atoms with E-state index in [4.69, 9.17) is 9.15 Å². The number of ether oxygens (including phenoxy) is 1. The van der Waals surface area contributed by atoms with Crippen LogP contribution in [0.2, 0.25) is 0 Å². The van der Waals surface area contributed by atoms with Crippen LogP contribution >= 0.6 is 0 Å². The third-order valence-corrected chi connectivity index (χ3v) is 3.94. The molecule has 0 radical (unpaired) electrons. The molecule has 0 amide bonds. The van der Waals surface area contributed by atoms with Gasteiger partial charge in [0.15, 0.2) is 12.4 Å². The van der Waals surface area contributed by atoms with Gasteiger partial charge in [-0.25, -0.2) is 9.78 Å². The second-order valence-corrected chi connectivity index (χ2v) is 5.63. The van der Waals surface area contributed by atoms with Crippen molar-refractivity contribution in [2.75, 3.05) is 6.61 Å². The molecule has 26 heavy (non-hydrogen) atoms. The first-order valence-corrected chi connectivity index (χ1v) is 8.00. The second-order valence-electron chi connectivity index (χ2n) is 5.63. The van der Waals surface area contributed by atoms with E-state index in [9.17, 15) is 9.59 Å². The van der Waals surface area contributed by atoms with Crippen LogP contribution in [-0.4, -0.2) is 28.3 Å². The lowest BCUT2D eigenvalue weighted by atomic mass is 10.1. The Morgan fingerprint density at radius 2 is 1.96 bits per heavy atom. The summed E-state index contributed by atoms with van der Waals surface area (Å²) in [6.07, 6.45) is 3.18. The smallest absolute Gasteiger partial charge is 0.339 e. The fourth-order valence-corrected chi connectivity index (χ4v) is 2.69. The Morgan fingerprint density at radius 1 is 1.08 bits per heavy atom. The SMILES string of the molecule is O=C(COC(=O)c1cc(-c2ccco2)nc2ccccc12)c1ccc[nH]1. The molecule has 0 saturated heterocycles. The molecule has 3 aromatic heterocycles. The fraction of sp³-hybridized carbons (Fsp3) is 0.0500. The molecule has 0 aliphatic carbocycles. The maximum atomic E-state index is 12.6. The van der Waals surface area contributed by atoms with Crippen LogP contribution in [0.25, 0.3) is 22.4 Å². The topological polar surface area (TPSA) is 85.2 Å². The number of aromatic amines is 1. The Labute approximate surface area is 148 Å². The average molecular weight is 346 g/mol. The normalized spacial score (nSPS) is 10.8. The molecule has 6 heteroatoms. The number of esters is 1. The molecule has 0 saturated carbocycles. The minimum absolute atomic E-state index is 0.298. The van der Waals surface area contributed by atoms with Crippen molar-refractivity contribution in [1.29, 1.82) is 0 Å². The summed E-state index contributed by atoms with van der Waals surface area (Å²) in [4.78, 5) is 32.0. The third-order valence-electron chi connectivity index (χ3n) is 3.94. The lowest BCUT2D eigenvalue weighted by molar-refractivity contribution is 0.0475. The van der Waals surface area contributed by atoms with Gasteiger partial charge in [-0.2, -0.15) is 0 Å². The van der Waals surface area contributed by atoms with Crippen molar-refractivity contribution in [1.82, 2.24) is 9.97 Å². The molecule has 0 aliphatic rings. The molecule has 0 unspecified atom stereocenters. The first-order chi connectivity index (χ1) is 12.7. The number of pyridine rings is 1. The van der Waals surface area contributed by atoms with Gasteiger partial charge in [0, 0.05) is 11.6 Å². The Balaban J connectivity index is 1.66. The maximum absolute atomic E-state index is 12.6. The molecule has 6 nitrogen and oxygen atoms in total. The number of fused-ring (bicyclic) bond motifs is 1. The van der Waals surface area contributed by atoms with Crippen molar-refractivity contribution in [2.45, 2.75) is 0 Å². The summed E-state index contributed by atoms with van der Waals surface area (Å²) in [5.74, 6) is -0.337. The van der Waals surface area contributed by atoms with E-state index < -0.39 is 5.97 Å². The predicted octanol–water partition coefficient (Wildman–Crippen LogP) is 3.86. The number of nitrogens with one attached hydrogen (secondary N) is 1. The summed E-state index contributed by atoms with van der Waals surface area (Å²) >= 11 is 0. The average Bonchev–Trinajstić information content (AvgIpc) is 3.38. The number of H-pyrrole nitrogens is 1. The first kappa shape index (κ1) is 15.8. The number of furan rings is 1. The van der Waals surface area contributed by atoms with Gasteiger partial charge in [0.1, 0.15) is 5.69 Å². The Kier molecular flexibility index (Phi) is 4.07. The molecule has 1 aromatic carbocycles. The summed E-state index contributed by atoms with van der Waals surface area (Å²) in [5.41, 5.74) is 1.90. The molecular formula is C20H14N2O4. The van der Waals surface area contributed by atoms with E-state index in [-0.39, 0.29) is 12.4 Å². The fourth-order valence-electron chi connectivity index (χ4n) is 2.69. The number of ketones is 1. The zero-order chi connectivity index (χ0) is 17.9. The number of hydrogen-bond donors (Lipinski definition) is 1. The summed E-state index contributed by atoms with van der Waals surface area (Å²) < 4.78 is 10.6. The Morgan fingerprint density at radius 3 is 2.73 bits per heavy atom. The Hall–Kier alpha value is -3.67. The van der Waals surface area contributed by atoms with Gasteiger partial charge in [-0.05, 0) is 36.4 Å². The largest absolute Gasteiger partial charge is 0.463 e. The minimum Gasteiger partial charge on any atom is -0.463 e. The van der Waals surface area contributed by atoms with E-state index >= 15 is 0 Å². The zero-order valence-corrected chi connectivity index (χ0v) is 13.6. The summed E-state index contributed by atoms with van der Waals surface area (Å²) in [7, 11) is 0. The molecule has 0 atom stereocenters. The number of aromatic nitrogens is 2. The predicted molar refractivity (Wildman–Crippen MR) is 94.9 cm³/mol. The number of carbonyl (C=O) groups is 2. The highest BCUT2D eigenvalue weighted by Crippen LogP contribution is 2.25. The van der Waals surface area contributed by atoms with Crippen LogP contribution in [-0.2, 0) is 4.74 Å². The quantitative estimate of drug-likeness (QED) is 0.438. The summed E-state index contributed by atoms with van der Waals surface area (Å²) in [6.45, 7) is -0.341. The minimum atomic E-state index is -0.587. The second kappa shape index (κ2) is 6.68. The van der Waals surface area contributed by atoms with Crippen LogP contribution in [0, 0.1) is 0 Å². The van der Waals surface area contributed by atoms with Crippen LogP contribution < -0.4 is 0 Å². The van der Waals surface area contributed by atoms with Crippen molar-refractivity contribution in [3.8, 4) is 11.5 Å². The summed E-state index contributed by atoms with van der Waals surface area (Å²) in [5, 5.41) is 0.653. The number of rotatable bonds is 5. The number of nitrogens with zero attached hydrogens (tertiary/aromatic N) is 1. The lowest BCUT2D eigenvalue weighted by Gasteiger charge is -2.08. The van der Waals surface area contributed by atoms with Crippen LogP contribution in [0.15, 0.2) is 71.5 Å². The van der Waals surface area contributed by atoms with E-state index in [1.165, 1.54) is 0 Å². The van der Waals surface area contributed by atoms with E-state index in [2.05, 4.69) is 9.97 Å². The van der Waals surface area contributed by atoms with Crippen LogP contribution in [0.5, 0.6) is 0 Å². The molecule has 4 rings (SSSR count). The van der Waals surface area contributed by atoms with Gasteiger partial charge in [0.05, 0.1) is 23.0 Å². The summed E-state index contributed by atoms with van der Waals surface area (Å²) in [6, 6.07) is 15.7. The number of carbonyl (C=O) groups excluding carboxylic acids is 2. The van der Waals surface area contributed by atoms with Gasteiger partial charge in [0.2, 0.25) is 5.78 Å². The highest BCUT2D eigenvalue weighted by molar-refractivity contribution is 6.05. The standard InChI is InChI=1S/C20H14N2O4/c23-18(16-7-3-9-21-16)12-26-20(24)14-11-17(19-8-4-10-25-19)22-15-6-2-1-5-13(14)15/h1-11,21H,12H2. The van der Waals surface area contributed by atoms with E-state index in [0.29, 0.717) is 33.6 Å².